The van der Waals surface area contributed by atoms with E-state index < -0.39 is 0 Å². The zero-order chi connectivity index (χ0) is 19.2. The van der Waals surface area contributed by atoms with Gasteiger partial charge < -0.3 is 20.3 Å². The molecule has 2 amide bonds. The number of carbonyl (C=O) groups is 2. The lowest BCUT2D eigenvalue weighted by Crippen LogP contribution is -2.41. The van der Waals surface area contributed by atoms with E-state index in [1.54, 1.807) is 0 Å². The van der Waals surface area contributed by atoms with Crippen molar-refractivity contribution in [2.24, 2.45) is 11.8 Å². The largest absolute Gasteiger partial charge is 0.378 e. The number of ether oxygens (including phenoxy) is 1. The van der Waals surface area contributed by atoms with Gasteiger partial charge in [0.15, 0.2) is 0 Å². The molecule has 0 aromatic heterocycles. The van der Waals surface area contributed by atoms with Crippen LogP contribution in [-0.2, 0) is 9.53 Å². The van der Waals surface area contributed by atoms with E-state index in [1.807, 2.05) is 30.0 Å². The fourth-order valence-corrected chi connectivity index (χ4v) is 3.96. The van der Waals surface area contributed by atoms with Crippen LogP contribution in [0.2, 0.25) is 0 Å². The fraction of sp³-hybridized carbons (Fsp3) is 0.619. The molecule has 2 saturated heterocycles. The van der Waals surface area contributed by atoms with Gasteiger partial charge in [0.25, 0.3) is 5.91 Å². The van der Waals surface area contributed by atoms with E-state index in [4.69, 9.17) is 4.74 Å². The molecule has 2 atom stereocenters. The zero-order valence-corrected chi connectivity index (χ0v) is 17.6. The van der Waals surface area contributed by atoms with Gasteiger partial charge in [0, 0.05) is 30.8 Å². The molecule has 7 heteroatoms. The number of benzene rings is 1. The van der Waals surface area contributed by atoms with Gasteiger partial charge >= 0.3 is 0 Å². The summed E-state index contributed by atoms with van der Waals surface area (Å²) < 4.78 is 5.32. The van der Waals surface area contributed by atoms with E-state index in [1.165, 1.54) is 12.8 Å². The van der Waals surface area contributed by atoms with Crippen LogP contribution in [0.25, 0.3) is 0 Å². The summed E-state index contributed by atoms with van der Waals surface area (Å²) in [6.45, 7) is 8.52. The number of halogens is 1. The maximum Gasteiger partial charge on any atom is 0.254 e. The van der Waals surface area contributed by atoms with Gasteiger partial charge in [-0.15, -0.1) is 12.4 Å². The maximum absolute atomic E-state index is 12.8. The molecule has 0 saturated carbocycles. The standard InChI is InChI=1S/C21H31N3O3.ClH/c1-15(17-5-4-8-22-14-17)13-20(25)23-19-7-3-6-18(16(19)2)21(26)24-9-11-27-12-10-24;/h3,6-7,15,17,22H,4-5,8-14H2,1-2H3,(H,23,25);1H. The van der Waals surface area contributed by atoms with Crippen molar-refractivity contribution in [3.8, 4) is 0 Å². The highest BCUT2D eigenvalue weighted by atomic mass is 35.5. The zero-order valence-electron chi connectivity index (χ0n) is 16.8. The van der Waals surface area contributed by atoms with Crippen molar-refractivity contribution in [3.63, 3.8) is 0 Å². The molecule has 0 radical (unpaired) electrons. The molecule has 2 N–H and O–H groups in total. The third kappa shape index (κ3) is 5.69. The average molecular weight is 410 g/mol. The molecule has 3 rings (SSSR count). The maximum atomic E-state index is 12.8. The van der Waals surface area contributed by atoms with E-state index in [0.717, 1.165) is 24.3 Å². The van der Waals surface area contributed by atoms with E-state index in [-0.39, 0.29) is 24.2 Å². The molecule has 1 aromatic rings. The summed E-state index contributed by atoms with van der Waals surface area (Å²) in [4.78, 5) is 27.2. The van der Waals surface area contributed by atoms with E-state index in [0.29, 0.717) is 50.1 Å². The molecule has 2 fully saturated rings. The number of carbonyl (C=O) groups excluding carboxylic acids is 2. The molecule has 2 heterocycles. The molecule has 0 bridgehead atoms. The van der Waals surface area contributed by atoms with Gasteiger partial charge in [-0.1, -0.05) is 13.0 Å². The summed E-state index contributed by atoms with van der Waals surface area (Å²) in [7, 11) is 0. The molecule has 6 nitrogen and oxygen atoms in total. The Morgan fingerprint density at radius 1 is 1.32 bits per heavy atom. The minimum atomic E-state index is 0. The van der Waals surface area contributed by atoms with Crippen LogP contribution in [-0.4, -0.2) is 56.1 Å². The molecule has 2 aliphatic heterocycles. The monoisotopic (exact) mass is 409 g/mol. The lowest BCUT2D eigenvalue weighted by atomic mass is 9.85. The van der Waals surface area contributed by atoms with E-state index in [9.17, 15) is 9.59 Å². The number of piperidine rings is 1. The Morgan fingerprint density at radius 2 is 2.07 bits per heavy atom. The Bertz CT molecular complexity index is 671. The van der Waals surface area contributed by atoms with Gasteiger partial charge in [-0.3, -0.25) is 9.59 Å². The lowest BCUT2D eigenvalue weighted by molar-refractivity contribution is -0.117. The summed E-state index contributed by atoms with van der Waals surface area (Å²) >= 11 is 0. The van der Waals surface area contributed by atoms with Gasteiger partial charge in [-0.25, -0.2) is 0 Å². The van der Waals surface area contributed by atoms with Crippen LogP contribution in [0.3, 0.4) is 0 Å². The lowest BCUT2D eigenvalue weighted by Gasteiger charge is -2.28. The van der Waals surface area contributed by atoms with Crippen molar-refractivity contribution in [1.82, 2.24) is 10.2 Å². The summed E-state index contributed by atoms with van der Waals surface area (Å²) in [6, 6.07) is 5.54. The van der Waals surface area contributed by atoms with Gasteiger partial charge in [-0.05, 0) is 62.4 Å². The highest BCUT2D eigenvalue weighted by molar-refractivity contribution is 5.99. The molecule has 1 aromatic carbocycles. The minimum Gasteiger partial charge on any atom is -0.378 e. The molecule has 0 aliphatic carbocycles. The van der Waals surface area contributed by atoms with E-state index in [2.05, 4.69) is 17.6 Å². The topological polar surface area (TPSA) is 70.7 Å². The molecule has 0 spiro atoms. The van der Waals surface area contributed by atoms with Crippen LogP contribution >= 0.6 is 12.4 Å². The number of hydrogen-bond acceptors (Lipinski definition) is 4. The van der Waals surface area contributed by atoms with Crippen LogP contribution < -0.4 is 10.6 Å². The van der Waals surface area contributed by atoms with Crippen molar-refractivity contribution in [3.05, 3.63) is 29.3 Å². The highest BCUT2D eigenvalue weighted by Gasteiger charge is 2.24. The first-order chi connectivity index (χ1) is 13.1. The quantitative estimate of drug-likeness (QED) is 0.784. The normalized spacial score (nSPS) is 20.8. The van der Waals surface area contributed by atoms with Crippen molar-refractivity contribution >= 4 is 29.9 Å². The Balaban J connectivity index is 0.00000280. The van der Waals surface area contributed by atoms with E-state index >= 15 is 0 Å². The first-order valence-corrected chi connectivity index (χ1v) is 10.0. The van der Waals surface area contributed by atoms with Gasteiger partial charge in [0.1, 0.15) is 0 Å². The van der Waals surface area contributed by atoms with Gasteiger partial charge in [-0.2, -0.15) is 0 Å². The number of rotatable bonds is 5. The van der Waals surface area contributed by atoms with Crippen LogP contribution in [0, 0.1) is 18.8 Å². The number of nitrogens with zero attached hydrogens (tertiary/aromatic N) is 1. The first kappa shape index (κ1) is 22.7. The highest BCUT2D eigenvalue weighted by Crippen LogP contribution is 2.25. The Morgan fingerprint density at radius 3 is 2.75 bits per heavy atom. The molecule has 2 aliphatic rings. The Labute approximate surface area is 173 Å². The summed E-state index contributed by atoms with van der Waals surface area (Å²) in [5, 5.41) is 6.44. The van der Waals surface area contributed by atoms with Gasteiger partial charge in [0.2, 0.25) is 5.91 Å². The summed E-state index contributed by atoms with van der Waals surface area (Å²) in [5.74, 6) is 0.928. The third-order valence-corrected chi connectivity index (χ3v) is 5.78. The first-order valence-electron chi connectivity index (χ1n) is 10.0. The fourth-order valence-electron chi connectivity index (χ4n) is 3.96. The summed E-state index contributed by atoms with van der Waals surface area (Å²) in [5.41, 5.74) is 2.21. The van der Waals surface area contributed by atoms with Crippen LogP contribution in [0.15, 0.2) is 18.2 Å². The van der Waals surface area contributed by atoms with Crippen LogP contribution in [0.5, 0.6) is 0 Å². The van der Waals surface area contributed by atoms with Crippen molar-refractivity contribution < 1.29 is 14.3 Å². The molecule has 156 valence electrons. The third-order valence-electron chi connectivity index (χ3n) is 5.78. The number of anilines is 1. The predicted octanol–water partition coefficient (Wildman–Crippen LogP) is 2.85. The second-order valence-corrected chi connectivity index (χ2v) is 7.72. The number of hydrogen-bond donors (Lipinski definition) is 2. The second-order valence-electron chi connectivity index (χ2n) is 7.72. The summed E-state index contributed by atoms with van der Waals surface area (Å²) in [6.07, 6.45) is 2.87. The van der Waals surface area contributed by atoms with Crippen molar-refractivity contribution in [1.29, 1.82) is 0 Å². The Hall–Kier alpha value is -1.63. The number of amides is 2. The minimum absolute atomic E-state index is 0. The number of nitrogens with one attached hydrogen (secondary N) is 2. The van der Waals surface area contributed by atoms with Crippen LogP contribution in [0.4, 0.5) is 5.69 Å². The number of morpholine rings is 1. The molecule has 2 unspecified atom stereocenters. The molecular formula is C21H32ClN3O3. The second kappa shape index (κ2) is 10.8. The molecular weight excluding hydrogens is 378 g/mol. The van der Waals surface area contributed by atoms with Crippen LogP contribution in [0.1, 0.15) is 42.1 Å². The van der Waals surface area contributed by atoms with Gasteiger partial charge in [0.05, 0.1) is 13.2 Å². The Kier molecular flexibility index (Phi) is 8.73. The average Bonchev–Trinajstić information content (AvgIpc) is 2.70. The molecule has 28 heavy (non-hydrogen) atoms. The SMILES string of the molecule is Cc1c(NC(=O)CC(C)C2CCCNC2)cccc1C(=O)N1CCOCC1.Cl. The smallest absolute Gasteiger partial charge is 0.254 e. The predicted molar refractivity (Wildman–Crippen MR) is 113 cm³/mol. The van der Waals surface area contributed by atoms with Crippen molar-refractivity contribution in [2.75, 3.05) is 44.7 Å². The van der Waals surface area contributed by atoms with Crippen molar-refractivity contribution in [2.45, 2.75) is 33.1 Å².